The highest BCUT2D eigenvalue weighted by Crippen LogP contribution is 2.40. The number of hydrogen-bond acceptors (Lipinski definition) is 1. The Bertz CT molecular complexity index is 3450. The molecule has 12 rings (SSSR count). The van der Waals surface area contributed by atoms with E-state index in [0.29, 0.717) is 0 Å². The molecule has 0 radical (unpaired) electrons. The van der Waals surface area contributed by atoms with Crippen LogP contribution in [-0.2, 0) is 0 Å². The molecule has 3 aromatic heterocycles. The summed E-state index contributed by atoms with van der Waals surface area (Å²) in [6, 6.07) is 74.6. The van der Waals surface area contributed by atoms with Crippen molar-refractivity contribution in [3.63, 3.8) is 0 Å². The highest BCUT2D eigenvalue weighted by molar-refractivity contribution is 6.13. The Morgan fingerprint density at radius 3 is 1.32 bits per heavy atom. The molecular weight excluding hydrogens is 693 g/mol. The molecule has 0 unspecified atom stereocenters. The zero-order valence-electron chi connectivity index (χ0n) is 30.9. The first-order valence-electron chi connectivity index (χ1n) is 19.5. The molecule has 0 N–H and O–H groups in total. The highest BCUT2D eigenvalue weighted by Gasteiger charge is 2.18. The fourth-order valence-electron chi connectivity index (χ4n) is 9.05. The van der Waals surface area contributed by atoms with Gasteiger partial charge in [-0.1, -0.05) is 127 Å². The fourth-order valence-corrected chi connectivity index (χ4v) is 9.05. The third-order valence-electron chi connectivity index (χ3n) is 11.7. The van der Waals surface area contributed by atoms with E-state index in [1.807, 2.05) is 12.1 Å². The van der Waals surface area contributed by atoms with E-state index >= 15 is 0 Å². The predicted octanol–water partition coefficient (Wildman–Crippen LogP) is 14.8. The van der Waals surface area contributed by atoms with E-state index in [2.05, 4.69) is 203 Å². The smallest absolute Gasteiger partial charge is 0.135 e. The van der Waals surface area contributed by atoms with E-state index in [-0.39, 0.29) is 0 Å². The zero-order chi connectivity index (χ0) is 37.5. The number of benzene rings is 9. The number of fused-ring (bicyclic) bond motifs is 9. The third kappa shape index (κ3) is 4.99. The molecule has 3 heteroatoms. The number of furan rings is 1. The number of aromatic nitrogens is 2. The number of rotatable bonds is 5. The largest absolute Gasteiger partial charge is 0.456 e. The molecule has 0 aliphatic carbocycles. The van der Waals surface area contributed by atoms with Gasteiger partial charge in [-0.25, -0.2) is 0 Å². The van der Waals surface area contributed by atoms with Crippen molar-refractivity contribution in [2.75, 3.05) is 0 Å². The molecule has 0 aliphatic heterocycles. The van der Waals surface area contributed by atoms with Crippen LogP contribution in [0.4, 0.5) is 0 Å². The average Bonchev–Trinajstić information content (AvgIpc) is 3.94. The van der Waals surface area contributed by atoms with E-state index in [1.54, 1.807) is 0 Å². The summed E-state index contributed by atoms with van der Waals surface area (Å²) in [6.07, 6.45) is 0. The Labute approximate surface area is 328 Å². The molecule has 3 heterocycles. The van der Waals surface area contributed by atoms with E-state index in [1.165, 1.54) is 77.0 Å². The molecule has 0 aliphatic rings. The van der Waals surface area contributed by atoms with Gasteiger partial charge >= 0.3 is 0 Å². The van der Waals surface area contributed by atoms with Crippen molar-refractivity contribution < 1.29 is 4.42 Å². The summed E-state index contributed by atoms with van der Waals surface area (Å²) < 4.78 is 11.0. The van der Waals surface area contributed by atoms with Crippen LogP contribution in [0.2, 0.25) is 0 Å². The van der Waals surface area contributed by atoms with E-state index in [4.69, 9.17) is 4.42 Å². The SMILES string of the molecule is c1ccc(-c2cc(-c3ccccc3)cc(-n3c4ccccc4c4cc(-c5ccc6c(c5)c5ccccc5n6-c5ccc6oc7ccccc7c6c5)ccc43)c2)cc1. The van der Waals surface area contributed by atoms with Crippen molar-refractivity contribution in [3.05, 3.63) is 206 Å². The molecule has 0 amide bonds. The Morgan fingerprint density at radius 1 is 0.246 bits per heavy atom. The van der Waals surface area contributed by atoms with Gasteiger partial charge in [-0.2, -0.15) is 0 Å². The summed E-state index contributed by atoms with van der Waals surface area (Å²) in [5, 5.41) is 7.19. The van der Waals surface area contributed by atoms with Crippen molar-refractivity contribution in [1.82, 2.24) is 9.13 Å². The van der Waals surface area contributed by atoms with Gasteiger partial charge in [-0.3, -0.25) is 0 Å². The van der Waals surface area contributed by atoms with Gasteiger partial charge in [0.05, 0.1) is 22.1 Å². The van der Waals surface area contributed by atoms with Crippen molar-refractivity contribution in [3.8, 4) is 44.8 Å². The van der Waals surface area contributed by atoms with Crippen LogP contribution < -0.4 is 0 Å². The molecule has 266 valence electrons. The first kappa shape index (κ1) is 31.7. The molecule has 0 spiro atoms. The summed E-state index contributed by atoms with van der Waals surface area (Å²) in [5.74, 6) is 0. The minimum absolute atomic E-state index is 0.903. The minimum Gasteiger partial charge on any atom is -0.456 e. The fraction of sp³-hybridized carbons (Fsp3) is 0. The Kier molecular flexibility index (Phi) is 6.93. The Morgan fingerprint density at radius 2 is 0.719 bits per heavy atom. The quantitative estimate of drug-likeness (QED) is 0.173. The third-order valence-corrected chi connectivity index (χ3v) is 11.7. The van der Waals surface area contributed by atoms with Crippen LogP contribution in [0.15, 0.2) is 211 Å². The summed E-state index contributed by atoms with van der Waals surface area (Å²) in [7, 11) is 0. The molecule has 0 saturated heterocycles. The van der Waals surface area contributed by atoms with E-state index in [0.717, 1.165) is 33.3 Å². The number of hydrogen-bond donors (Lipinski definition) is 0. The molecule has 57 heavy (non-hydrogen) atoms. The van der Waals surface area contributed by atoms with Gasteiger partial charge in [-0.05, 0) is 112 Å². The van der Waals surface area contributed by atoms with Gasteiger partial charge in [-0.15, -0.1) is 0 Å². The monoisotopic (exact) mass is 726 g/mol. The second-order valence-electron chi connectivity index (χ2n) is 14.9. The van der Waals surface area contributed by atoms with Crippen LogP contribution >= 0.6 is 0 Å². The average molecular weight is 727 g/mol. The normalized spacial score (nSPS) is 11.9. The summed E-state index contributed by atoms with van der Waals surface area (Å²) >= 11 is 0. The van der Waals surface area contributed by atoms with Gasteiger partial charge < -0.3 is 13.6 Å². The number of nitrogens with zero attached hydrogens (tertiary/aromatic N) is 2. The second-order valence-corrected chi connectivity index (χ2v) is 14.9. The summed E-state index contributed by atoms with van der Waals surface area (Å²) in [6.45, 7) is 0. The van der Waals surface area contributed by atoms with Gasteiger partial charge in [0.25, 0.3) is 0 Å². The lowest BCUT2D eigenvalue weighted by atomic mass is 9.98. The van der Waals surface area contributed by atoms with Gasteiger partial charge in [0, 0.05) is 43.7 Å². The highest BCUT2D eigenvalue weighted by atomic mass is 16.3. The second kappa shape index (κ2) is 12.5. The van der Waals surface area contributed by atoms with Crippen molar-refractivity contribution in [2.45, 2.75) is 0 Å². The lowest BCUT2D eigenvalue weighted by Gasteiger charge is -2.14. The molecular formula is C54H34N2O. The Hall–Kier alpha value is -7.62. The van der Waals surface area contributed by atoms with Gasteiger partial charge in [0.2, 0.25) is 0 Å². The molecule has 0 saturated carbocycles. The standard InChI is InChI=1S/C54H34N2O/c1-3-13-35(14-4-1)39-29-40(36-15-5-2-6-16-36)31-42(30-39)56-50-21-11-8-18-44(50)47-33-38(24-27-52(47)56)37-23-26-51-46(32-37)43-17-7-10-20-49(43)55(51)41-25-28-54-48(34-41)45-19-9-12-22-53(45)57-54/h1-34H. The van der Waals surface area contributed by atoms with Crippen LogP contribution in [-0.4, -0.2) is 9.13 Å². The summed E-state index contributed by atoms with van der Waals surface area (Å²) in [4.78, 5) is 0. The van der Waals surface area contributed by atoms with Crippen LogP contribution in [0.1, 0.15) is 0 Å². The maximum atomic E-state index is 6.18. The number of para-hydroxylation sites is 3. The van der Waals surface area contributed by atoms with Gasteiger partial charge in [0.1, 0.15) is 11.2 Å². The lowest BCUT2D eigenvalue weighted by molar-refractivity contribution is 0.669. The van der Waals surface area contributed by atoms with Crippen LogP contribution in [0.5, 0.6) is 0 Å². The maximum absolute atomic E-state index is 6.18. The molecule has 3 nitrogen and oxygen atoms in total. The first-order valence-corrected chi connectivity index (χ1v) is 19.5. The summed E-state index contributed by atoms with van der Waals surface area (Å²) in [5.41, 5.74) is 16.0. The Balaban J connectivity index is 1.03. The molecule has 9 aromatic carbocycles. The maximum Gasteiger partial charge on any atom is 0.135 e. The van der Waals surface area contributed by atoms with Crippen molar-refractivity contribution >= 4 is 65.6 Å². The predicted molar refractivity (Wildman–Crippen MR) is 239 cm³/mol. The lowest BCUT2D eigenvalue weighted by Crippen LogP contribution is -1.96. The minimum atomic E-state index is 0.903. The zero-order valence-corrected chi connectivity index (χ0v) is 30.9. The van der Waals surface area contributed by atoms with Crippen LogP contribution in [0.3, 0.4) is 0 Å². The molecule has 0 bridgehead atoms. The molecule has 0 atom stereocenters. The topological polar surface area (TPSA) is 23.0 Å². The van der Waals surface area contributed by atoms with E-state index < -0.39 is 0 Å². The van der Waals surface area contributed by atoms with Gasteiger partial charge in [0.15, 0.2) is 0 Å². The van der Waals surface area contributed by atoms with Crippen molar-refractivity contribution in [2.24, 2.45) is 0 Å². The van der Waals surface area contributed by atoms with Crippen LogP contribution in [0.25, 0.3) is 110 Å². The first-order chi connectivity index (χ1) is 28.2. The molecule has 0 fully saturated rings. The van der Waals surface area contributed by atoms with Crippen molar-refractivity contribution in [1.29, 1.82) is 0 Å². The van der Waals surface area contributed by atoms with E-state index in [9.17, 15) is 0 Å². The molecule has 12 aromatic rings. The van der Waals surface area contributed by atoms with Crippen LogP contribution in [0, 0.1) is 0 Å².